The van der Waals surface area contributed by atoms with Crippen molar-refractivity contribution in [3.63, 3.8) is 0 Å². The molecule has 1 aromatic carbocycles. The molecule has 4 rings (SSSR count). The molecule has 0 aliphatic carbocycles. The number of benzene rings is 1. The number of carbonyl (C=O) groups excluding carboxylic acids is 1. The third-order valence-electron chi connectivity index (χ3n) is 5.50. The van der Waals surface area contributed by atoms with Gasteiger partial charge in [0.25, 0.3) is 5.91 Å². The average Bonchev–Trinajstić information content (AvgIpc) is 3.25. The summed E-state index contributed by atoms with van der Waals surface area (Å²) < 4.78 is 0. The highest BCUT2D eigenvalue weighted by Gasteiger charge is 2.17. The summed E-state index contributed by atoms with van der Waals surface area (Å²) in [7, 11) is 0. The van der Waals surface area contributed by atoms with Gasteiger partial charge in [0.1, 0.15) is 0 Å². The molecule has 2 aliphatic rings. The molecule has 0 spiro atoms. The van der Waals surface area contributed by atoms with E-state index in [4.69, 9.17) is 0 Å². The fourth-order valence-corrected chi connectivity index (χ4v) is 3.86. The Hall–Kier alpha value is -2.67. The van der Waals surface area contributed by atoms with Crippen molar-refractivity contribution in [1.29, 1.82) is 0 Å². The smallest absolute Gasteiger partial charge is 0.254 e. The van der Waals surface area contributed by atoms with Gasteiger partial charge in [0.05, 0.1) is 5.56 Å². The summed E-state index contributed by atoms with van der Waals surface area (Å²) in [4.78, 5) is 23.5. The lowest BCUT2D eigenvalue weighted by Gasteiger charge is -2.23. The number of nitrogens with one attached hydrogen (secondary N) is 3. The molecule has 1 aromatic heterocycles. The predicted molar refractivity (Wildman–Crippen MR) is 111 cm³/mol. The SMILES string of the molecule is Cc1ccc(Nc2ncc(C(=O)NC3CCNCC3)cn2)cc1N1CCCC1. The van der Waals surface area contributed by atoms with Crippen LogP contribution in [0.15, 0.2) is 30.6 Å². The van der Waals surface area contributed by atoms with Gasteiger partial charge in [-0.05, 0) is 63.4 Å². The summed E-state index contributed by atoms with van der Waals surface area (Å²) in [5.74, 6) is 0.389. The van der Waals surface area contributed by atoms with Crippen LogP contribution >= 0.6 is 0 Å². The van der Waals surface area contributed by atoms with Crippen LogP contribution < -0.4 is 20.9 Å². The molecule has 0 unspecified atom stereocenters. The molecule has 3 N–H and O–H groups in total. The standard InChI is InChI=1S/C21H28N6O/c1-15-4-5-18(12-19(15)27-10-2-3-11-27)26-21-23-13-16(14-24-21)20(28)25-17-6-8-22-9-7-17/h4-5,12-14,17,22H,2-3,6-11H2,1H3,(H,25,28)(H,23,24,26). The first-order valence-corrected chi connectivity index (χ1v) is 10.2. The van der Waals surface area contributed by atoms with Crippen molar-refractivity contribution in [2.45, 2.75) is 38.6 Å². The van der Waals surface area contributed by atoms with E-state index in [2.05, 4.69) is 49.9 Å². The molecular formula is C21H28N6O. The van der Waals surface area contributed by atoms with Crippen LogP contribution in [-0.4, -0.2) is 48.1 Å². The van der Waals surface area contributed by atoms with Crippen LogP contribution in [0.5, 0.6) is 0 Å². The lowest BCUT2D eigenvalue weighted by atomic mass is 10.1. The van der Waals surface area contributed by atoms with E-state index in [0.717, 1.165) is 44.7 Å². The highest BCUT2D eigenvalue weighted by atomic mass is 16.1. The normalized spacial score (nSPS) is 17.5. The summed E-state index contributed by atoms with van der Waals surface area (Å²) >= 11 is 0. The van der Waals surface area contributed by atoms with E-state index in [0.29, 0.717) is 11.5 Å². The monoisotopic (exact) mass is 380 g/mol. The van der Waals surface area contributed by atoms with Crippen molar-refractivity contribution >= 4 is 23.2 Å². The van der Waals surface area contributed by atoms with Gasteiger partial charge in [0.15, 0.2) is 0 Å². The minimum absolute atomic E-state index is 0.106. The van der Waals surface area contributed by atoms with Crippen LogP contribution in [0.4, 0.5) is 17.3 Å². The molecule has 0 radical (unpaired) electrons. The van der Waals surface area contributed by atoms with Crippen molar-refractivity contribution in [2.75, 3.05) is 36.4 Å². The van der Waals surface area contributed by atoms with E-state index in [1.807, 2.05) is 6.07 Å². The van der Waals surface area contributed by atoms with Crippen molar-refractivity contribution in [2.24, 2.45) is 0 Å². The van der Waals surface area contributed by atoms with Crippen LogP contribution in [0.2, 0.25) is 0 Å². The second-order valence-corrected chi connectivity index (χ2v) is 7.61. The molecule has 2 fully saturated rings. The molecule has 0 atom stereocenters. The average molecular weight is 380 g/mol. The number of carbonyl (C=O) groups is 1. The molecule has 1 amide bonds. The van der Waals surface area contributed by atoms with Gasteiger partial charge in [-0.15, -0.1) is 0 Å². The first-order chi connectivity index (χ1) is 13.7. The molecule has 0 bridgehead atoms. The number of aryl methyl sites for hydroxylation is 1. The van der Waals surface area contributed by atoms with Crippen LogP contribution in [0.3, 0.4) is 0 Å². The summed E-state index contributed by atoms with van der Waals surface area (Å²) in [5.41, 5.74) is 3.99. The largest absolute Gasteiger partial charge is 0.371 e. The second kappa shape index (κ2) is 8.56. The fourth-order valence-electron chi connectivity index (χ4n) is 3.86. The Bertz CT molecular complexity index is 810. The van der Waals surface area contributed by atoms with E-state index in [1.54, 1.807) is 12.4 Å². The molecule has 2 saturated heterocycles. The maximum absolute atomic E-state index is 12.4. The molecule has 7 heteroatoms. The van der Waals surface area contributed by atoms with E-state index >= 15 is 0 Å². The highest BCUT2D eigenvalue weighted by Crippen LogP contribution is 2.28. The molecule has 3 heterocycles. The Morgan fingerprint density at radius 1 is 1.14 bits per heavy atom. The molecular weight excluding hydrogens is 352 g/mol. The molecule has 2 aliphatic heterocycles. The number of aromatic nitrogens is 2. The van der Waals surface area contributed by atoms with Crippen molar-refractivity contribution < 1.29 is 4.79 Å². The maximum Gasteiger partial charge on any atom is 0.254 e. The van der Waals surface area contributed by atoms with Gasteiger partial charge in [-0.1, -0.05) is 6.07 Å². The molecule has 148 valence electrons. The maximum atomic E-state index is 12.4. The lowest BCUT2D eigenvalue weighted by Crippen LogP contribution is -2.42. The third-order valence-corrected chi connectivity index (χ3v) is 5.50. The number of piperidine rings is 1. The van der Waals surface area contributed by atoms with Gasteiger partial charge in [-0.2, -0.15) is 0 Å². The van der Waals surface area contributed by atoms with Gasteiger partial charge in [-0.25, -0.2) is 9.97 Å². The zero-order valence-electron chi connectivity index (χ0n) is 16.4. The van der Waals surface area contributed by atoms with Crippen LogP contribution in [0, 0.1) is 6.92 Å². The summed E-state index contributed by atoms with van der Waals surface area (Å²) in [6.07, 6.45) is 7.59. The van der Waals surface area contributed by atoms with Gasteiger partial charge >= 0.3 is 0 Å². The minimum atomic E-state index is -0.106. The van der Waals surface area contributed by atoms with Crippen molar-refractivity contribution in [3.8, 4) is 0 Å². The van der Waals surface area contributed by atoms with E-state index in [9.17, 15) is 4.79 Å². The Morgan fingerprint density at radius 2 is 1.86 bits per heavy atom. The van der Waals surface area contributed by atoms with Gasteiger partial charge in [0, 0.05) is 42.9 Å². The third kappa shape index (κ3) is 4.42. The minimum Gasteiger partial charge on any atom is -0.371 e. The lowest BCUT2D eigenvalue weighted by molar-refractivity contribution is 0.0929. The quantitative estimate of drug-likeness (QED) is 0.740. The van der Waals surface area contributed by atoms with Crippen molar-refractivity contribution in [1.82, 2.24) is 20.6 Å². The van der Waals surface area contributed by atoms with Crippen LogP contribution in [0.1, 0.15) is 41.6 Å². The van der Waals surface area contributed by atoms with E-state index in [-0.39, 0.29) is 11.9 Å². The zero-order chi connectivity index (χ0) is 19.3. The van der Waals surface area contributed by atoms with Gasteiger partial charge in [-0.3, -0.25) is 4.79 Å². The predicted octanol–water partition coefficient (Wildman–Crippen LogP) is 2.61. The molecule has 28 heavy (non-hydrogen) atoms. The highest BCUT2D eigenvalue weighted by molar-refractivity contribution is 5.93. The number of hydrogen-bond acceptors (Lipinski definition) is 6. The van der Waals surface area contributed by atoms with Crippen LogP contribution in [-0.2, 0) is 0 Å². The van der Waals surface area contributed by atoms with Gasteiger partial charge in [0.2, 0.25) is 5.95 Å². The molecule has 7 nitrogen and oxygen atoms in total. The van der Waals surface area contributed by atoms with Gasteiger partial charge < -0.3 is 20.9 Å². The number of nitrogens with zero attached hydrogens (tertiary/aromatic N) is 3. The number of hydrogen-bond donors (Lipinski definition) is 3. The van der Waals surface area contributed by atoms with E-state index in [1.165, 1.54) is 24.1 Å². The summed E-state index contributed by atoms with van der Waals surface area (Å²) in [6.45, 7) is 6.26. The zero-order valence-corrected chi connectivity index (χ0v) is 16.4. The van der Waals surface area contributed by atoms with Crippen LogP contribution in [0.25, 0.3) is 0 Å². The molecule has 2 aromatic rings. The Balaban J connectivity index is 1.40. The number of anilines is 3. The first-order valence-electron chi connectivity index (χ1n) is 10.2. The molecule has 0 saturated carbocycles. The summed E-state index contributed by atoms with van der Waals surface area (Å²) in [5, 5.41) is 9.61. The fraction of sp³-hybridized carbons (Fsp3) is 0.476. The first kappa shape index (κ1) is 18.7. The van der Waals surface area contributed by atoms with Crippen molar-refractivity contribution in [3.05, 3.63) is 41.7 Å². The number of rotatable bonds is 5. The Labute approximate surface area is 166 Å². The number of amides is 1. The Morgan fingerprint density at radius 3 is 2.57 bits per heavy atom. The Kier molecular flexibility index (Phi) is 5.71. The summed E-state index contributed by atoms with van der Waals surface area (Å²) in [6, 6.07) is 6.54. The topological polar surface area (TPSA) is 82.2 Å². The second-order valence-electron chi connectivity index (χ2n) is 7.61. The van der Waals surface area contributed by atoms with E-state index < -0.39 is 0 Å².